The van der Waals surface area contributed by atoms with Crippen molar-refractivity contribution in [1.82, 2.24) is 15.1 Å². The number of amides is 1. The molecule has 0 atom stereocenters. The van der Waals surface area contributed by atoms with Crippen molar-refractivity contribution in [3.63, 3.8) is 0 Å². The van der Waals surface area contributed by atoms with E-state index < -0.39 is 0 Å². The molecule has 2 aromatic carbocycles. The molecule has 148 valence electrons. The van der Waals surface area contributed by atoms with Crippen LogP contribution in [-0.4, -0.2) is 27.9 Å². The van der Waals surface area contributed by atoms with Crippen LogP contribution in [0.15, 0.2) is 65.9 Å². The molecule has 0 radical (unpaired) electrons. The number of nitrogens with one attached hydrogen (secondary N) is 1. The van der Waals surface area contributed by atoms with E-state index in [1.807, 2.05) is 47.4 Å². The molecule has 0 spiro atoms. The smallest absolute Gasteiger partial charge is 0.251 e. The first-order chi connectivity index (χ1) is 14.0. The van der Waals surface area contributed by atoms with E-state index in [1.54, 1.807) is 0 Å². The highest BCUT2D eigenvalue weighted by molar-refractivity contribution is 6.12. The van der Waals surface area contributed by atoms with E-state index in [-0.39, 0.29) is 11.3 Å². The molecule has 0 fully saturated rings. The quantitative estimate of drug-likeness (QED) is 0.618. The van der Waals surface area contributed by atoms with E-state index in [9.17, 15) is 4.79 Å². The Morgan fingerprint density at radius 2 is 1.86 bits per heavy atom. The van der Waals surface area contributed by atoms with Crippen LogP contribution in [0.5, 0.6) is 0 Å². The first-order valence-electron chi connectivity index (χ1n) is 10.1. The van der Waals surface area contributed by atoms with Gasteiger partial charge in [0.15, 0.2) is 0 Å². The third-order valence-electron chi connectivity index (χ3n) is 5.47. The number of rotatable bonds is 6. The zero-order valence-electron chi connectivity index (χ0n) is 17.1. The normalized spacial score (nSPS) is 14.4. The summed E-state index contributed by atoms with van der Waals surface area (Å²) in [6, 6.07) is 15.8. The minimum atomic E-state index is -0.162. The van der Waals surface area contributed by atoms with Crippen molar-refractivity contribution >= 4 is 17.3 Å². The van der Waals surface area contributed by atoms with E-state index in [0.29, 0.717) is 12.1 Å². The van der Waals surface area contributed by atoms with Crippen molar-refractivity contribution < 1.29 is 4.79 Å². The largest absolute Gasteiger partial charge is 0.352 e. The Bertz CT molecular complexity index is 1060. The summed E-state index contributed by atoms with van der Waals surface area (Å²) in [5, 5.41) is 7.47. The highest BCUT2D eigenvalue weighted by Gasteiger charge is 2.36. The van der Waals surface area contributed by atoms with E-state index in [4.69, 9.17) is 4.99 Å². The van der Waals surface area contributed by atoms with Gasteiger partial charge in [0, 0.05) is 29.3 Å². The molecule has 0 bridgehead atoms. The number of aliphatic imine (C=N–C) groups is 1. The predicted octanol–water partition coefficient (Wildman–Crippen LogP) is 4.81. The van der Waals surface area contributed by atoms with Crippen molar-refractivity contribution in [2.24, 2.45) is 4.99 Å². The Balaban J connectivity index is 1.54. The monoisotopic (exact) mass is 386 g/mol. The van der Waals surface area contributed by atoms with Crippen molar-refractivity contribution in [3.05, 3.63) is 77.6 Å². The van der Waals surface area contributed by atoms with Crippen LogP contribution in [0.4, 0.5) is 5.69 Å². The van der Waals surface area contributed by atoms with Crippen LogP contribution in [0.2, 0.25) is 0 Å². The van der Waals surface area contributed by atoms with Gasteiger partial charge in [-0.15, -0.1) is 0 Å². The lowest BCUT2D eigenvalue weighted by Gasteiger charge is -2.21. The molecule has 1 amide bonds. The highest BCUT2D eigenvalue weighted by atomic mass is 16.1. The fraction of sp³-hybridized carbons (Fsp3) is 0.292. The van der Waals surface area contributed by atoms with E-state index >= 15 is 0 Å². The lowest BCUT2D eigenvalue weighted by Crippen LogP contribution is -2.26. The van der Waals surface area contributed by atoms with E-state index in [0.717, 1.165) is 35.5 Å². The van der Waals surface area contributed by atoms with Gasteiger partial charge in [0.2, 0.25) is 0 Å². The molecular weight excluding hydrogens is 360 g/mol. The summed E-state index contributed by atoms with van der Waals surface area (Å²) in [4.78, 5) is 17.0. The Labute approximate surface area is 171 Å². The van der Waals surface area contributed by atoms with Crippen LogP contribution in [-0.2, 0) is 5.41 Å². The molecule has 1 N–H and O–H groups in total. The van der Waals surface area contributed by atoms with Crippen molar-refractivity contribution in [3.8, 4) is 5.69 Å². The number of carbonyl (C=O) groups excluding carboxylic acids is 1. The fourth-order valence-corrected chi connectivity index (χ4v) is 3.75. The van der Waals surface area contributed by atoms with Crippen LogP contribution in [0.3, 0.4) is 0 Å². The first-order valence-corrected chi connectivity index (χ1v) is 10.1. The SMILES string of the molecule is CCCCNC(=O)c1ccc(-n2cc(C3=Nc4ccccc4C3(C)C)cn2)cc1. The molecule has 0 saturated heterocycles. The zero-order chi connectivity index (χ0) is 20.4. The maximum atomic E-state index is 12.2. The van der Waals surface area contributed by atoms with Crippen LogP contribution < -0.4 is 5.32 Å². The van der Waals surface area contributed by atoms with Gasteiger partial charge in [0.05, 0.1) is 23.3 Å². The topological polar surface area (TPSA) is 59.3 Å². The molecule has 0 saturated carbocycles. The van der Waals surface area contributed by atoms with Gasteiger partial charge in [-0.3, -0.25) is 9.79 Å². The van der Waals surface area contributed by atoms with Crippen LogP contribution in [0.25, 0.3) is 5.69 Å². The second-order valence-electron chi connectivity index (χ2n) is 7.93. The van der Waals surface area contributed by atoms with Crippen molar-refractivity contribution in [2.75, 3.05) is 6.54 Å². The number of hydrogen-bond donors (Lipinski definition) is 1. The van der Waals surface area contributed by atoms with Gasteiger partial charge in [0.1, 0.15) is 0 Å². The number of carbonyl (C=O) groups is 1. The molecule has 0 unspecified atom stereocenters. The number of fused-ring (bicyclic) bond motifs is 1. The Morgan fingerprint density at radius 1 is 1.10 bits per heavy atom. The van der Waals surface area contributed by atoms with Gasteiger partial charge in [-0.1, -0.05) is 45.4 Å². The Hall–Kier alpha value is -3.21. The molecule has 5 heteroatoms. The van der Waals surface area contributed by atoms with Gasteiger partial charge in [-0.05, 0) is 42.3 Å². The van der Waals surface area contributed by atoms with Gasteiger partial charge >= 0.3 is 0 Å². The third kappa shape index (κ3) is 3.60. The maximum Gasteiger partial charge on any atom is 0.251 e. The second kappa shape index (κ2) is 7.66. The lowest BCUT2D eigenvalue weighted by atomic mass is 9.80. The standard InChI is InChI=1S/C24H26N4O/c1-4-5-14-25-23(29)17-10-12-19(13-11-17)28-16-18(15-26-28)22-24(2,3)20-8-6-7-9-21(20)27-22/h6-13,15-16H,4-5,14H2,1-3H3,(H,25,29). The average molecular weight is 386 g/mol. The number of para-hydroxylation sites is 1. The summed E-state index contributed by atoms with van der Waals surface area (Å²) in [5.41, 5.74) is 5.71. The zero-order valence-corrected chi connectivity index (χ0v) is 17.1. The molecule has 2 heterocycles. The third-order valence-corrected chi connectivity index (χ3v) is 5.47. The molecule has 3 aromatic rings. The molecule has 5 nitrogen and oxygen atoms in total. The Morgan fingerprint density at radius 3 is 2.59 bits per heavy atom. The lowest BCUT2D eigenvalue weighted by molar-refractivity contribution is 0.0953. The molecule has 1 aliphatic heterocycles. The van der Waals surface area contributed by atoms with E-state index in [1.165, 1.54) is 5.56 Å². The maximum absolute atomic E-state index is 12.2. The number of aromatic nitrogens is 2. The molecule has 1 aromatic heterocycles. The van der Waals surface area contributed by atoms with Gasteiger partial charge in [0.25, 0.3) is 5.91 Å². The van der Waals surface area contributed by atoms with Gasteiger partial charge < -0.3 is 5.32 Å². The first kappa shape index (κ1) is 19.1. The predicted molar refractivity (Wildman–Crippen MR) is 116 cm³/mol. The minimum Gasteiger partial charge on any atom is -0.352 e. The second-order valence-corrected chi connectivity index (χ2v) is 7.93. The van der Waals surface area contributed by atoms with Crippen molar-refractivity contribution in [2.45, 2.75) is 39.0 Å². The summed E-state index contributed by atoms with van der Waals surface area (Å²) < 4.78 is 1.83. The average Bonchev–Trinajstić information content (AvgIpc) is 3.31. The molecule has 1 aliphatic rings. The van der Waals surface area contributed by atoms with Gasteiger partial charge in [-0.25, -0.2) is 4.68 Å². The molecule has 4 rings (SSSR count). The highest BCUT2D eigenvalue weighted by Crippen LogP contribution is 2.41. The number of nitrogens with zero attached hydrogens (tertiary/aromatic N) is 3. The fourth-order valence-electron chi connectivity index (χ4n) is 3.75. The summed E-state index contributed by atoms with van der Waals surface area (Å²) in [6.07, 6.45) is 5.92. The van der Waals surface area contributed by atoms with Crippen molar-refractivity contribution in [1.29, 1.82) is 0 Å². The van der Waals surface area contributed by atoms with Crippen LogP contribution in [0, 0.1) is 0 Å². The van der Waals surface area contributed by atoms with Crippen LogP contribution in [0.1, 0.15) is 55.1 Å². The minimum absolute atomic E-state index is 0.0361. The molecule has 0 aliphatic carbocycles. The summed E-state index contributed by atoms with van der Waals surface area (Å²) in [7, 11) is 0. The molecule has 29 heavy (non-hydrogen) atoms. The summed E-state index contributed by atoms with van der Waals surface area (Å²) >= 11 is 0. The summed E-state index contributed by atoms with van der Waals surface area (Å²) in [5.74, 6) is -0.0361. The Kier molecular flexibility index (Phi) is 5.05. The number of unbranched alkanes of at least 4 members (excludes halogenated alkanes) is 1. The number of benzene rings is 2. The summed E-state index contributed by atoms with van der Waals surface area (Å²) in [6.45, 7) is 7.21. The van der Waals surface area contributed by atoms with E-state index in [2.05, 4.69) is 49.4 Å². The van der Waals surface area contributed by atoms with Crippen LogP contribution >= 0.6 is 0 Å². The molecular formula is C24H26N4O. The van der Waals surface area contributed by atoms with Gasteiger partial charge in [-0.2, -0.15) is 5.10 Å². The number of hydrogen-bond acceptors (Lipinski definition) is 3.